The Morgan fingerprint density at radius 2 is 1.86 bits per heavy atom. The number of hydrogen-bond donors (Lipinski definition) is 2. The van der Waals surface area contributed by atoms with Crippen LogP contribution in [0.5, 0.6) is 0 Å². The van der Waals surface area contributed by atoms with Gasteiger partial charge in [0.2, 0.25) is 5.95 Å². The summed E-state index contributed by atoms with van der Waals surface area (Å²) < 4.78 is 2.04. The van der Waals surface area contributed by atoms with Crippen LogP contribution in [0.4, 0.5) is 11.6 Å². The molecule has 0 bridgehead atoms. The minimum atomic E-state index is 0.222. The zero-order valence-corrected chi connectivity index (χ0v) is 20.6. The average Bonchev–Trinajstić information content (AvgIpc) is 3.39. The number of fused-ring (bicyclic) bond motifs is 1. The largest absolute Gasteiger partial charge is 0.378 e. The number of rotatable bonds is 8. The Hall–Kier alpha value is -3.86. The molecule has 0 saturated carbocycles. The number of hydrogen-bond acceptors (Lipinski definition) is 4. The van der Waals surface area contributed by atoms with E-state index in [2.05, 4.69) is 83.8 Å². The van der Waals surface area contributed by atoms with Gasteiger partial charge in [-0.1, -0.05) is 49.9 Å². The quantitative estimate of drug-likeness (QED) is 0.298. The number of benzene rings is 2. The summed E-state index contributed by atoms with van der Waals surface area (Å²) in [7, 11) is 0. The molecule has 2 heterocycles. The molecule has 5 nitrogen and oxygen atoms in total. The molecule has 2 aromatic carbocycles. The van der Waals surface area contributed by atoms with Crippen LogP contribution in [-0.4, -0.2) is 14.5 Å². The van der Waals surface area contributed by atoms with E-state index in [1.54, 1.807) is 0 Å². The van der Waals surface area contributed by atoms with Gasteiger partial charge in [-0.3, -0.25) is 0 Å². The Balaban J connectivity index is 1.33. The minimum absolute atomic E-state index is 0.222. The van der Waals surface area contributed by atoms with Crippen molar-refractivity contribution in [3.8, 4) is 5.82 Å². The standard InChI is InChI=1S/C30H33N5/c1-4-28(24-11-6-5-7-12-24)32-22(3)26-16-17-35(20-26)29-21(2)19-31-30(34-29)33-27-15-14-23-10-8-9-13-25(23)18-27/h5-7,11-12,14-20,28,32H,3-4,8-10,13H2,1-2H3,(H,31,33,34). The lowest BCUT2D eigenvalue weighted by Crippen LogP contribution is -2.18. The summed E-state index contributed by atoms with van der Waals surface area (Å²) in [5.74, 6) is 1.46. The summed E-state index contributed by atoms with van der Waals surface area (Å²) in [5, 5.41) is 7.00. The average molecular weight is 464 g/mol. The first-order chi connectivity index (χ1) is 17.1. The number of aryl methyl sites for hydroxylation is 3. The van der Waals surface area contributed by atoms with E-state index in [0.717, 1.165) is 41.2 Å². The van der Waals surface area contributed by atoms with Crippen molar-refractivity contribution in [2.45, 2.75) is 52.0 Å². The lowest BCUT2D eigenvalue weighted by molar-refractivity contribution is 0.614. The molecular weight excluding hydrogens is 430 g/mol. The molecule has 0 spiro atoms. The highest BCUT2D eigenvalue weighted by Gasteiger charge is 2.14. The van der Waals surface area contributed by atoms with Gasteiger partial charge in [-0.2, -0.15) is 4.98 Å². The van der Waals surface area contributed by atoms with Crippen molar-refractivity contribution in [3.63, 3.8) is 0 Å². The van der Waals surface area contributed by atoms with Crippen molar-refractivity contribution in [1.82, 2.24) is 19.9 Å². The highest BCUT2D eigenvalue weighted by molar-refractivity contribution is 5.63. The topological polar surface area (TPSA) is 54.8 Å². The van der Waals surface area contributed by atoms with E-state index < -0.39 is 0 Å². The third-order valence-electron chi connectivity index (χ3n) is 6.79. The van der Waals surface area contributed by atoms with Crippen molar-refractivity contribution < 1.29 is 0 Å². The fourth-order valence-electron chi connectivity index (χ4n) is 4.80. The fraction of sp³-hybridized carbons (Fsp3) is 0.267. The van der Waals surface area contributed by atoms with E-state index >= 15 is 0 Å². The zero-order valence-electron chi connectivity index (χ0n) is 20.6. The van der Waals surface area contributed by atoms with Crippen LogP contribution >= 0.6 is 0 Å². The Morgan fingerprint density at radius 3 is 2.66 bits per heavy atom. The van der Waals surface area contributed by atoms with Gasteiger partial charge >= 0.3 is 0 Å². The summed E-state index contributed by atoms with van der Waals surface area (Å²) in [6.07, 6.45) is 11.8. The fourth-order valence-corrected chi connectivity index (χ4v) is 4.80. The second kappa shape index (κ2) is 10.2. The van der Waals surface area contributed by atoms with Crippen molar-refractivity contribution >= 4 is 17.3 Å². The smallest absolute Gasteiger partial charge is 0.229 e. The van der Waals surface area contributed by atoms with E-state index in [0.29, 0.717) is 5.95 Å². The SMILES string of the molecule is C=C(NC(CC)c1ccccc1)c1ccn(-c2nc(Nc3ccc4c(c3)CCCC4)ncc2C)c1. The predicted molar refractivity (Wildman–Crippen MR) is 144 cm³/mol. The lowest BCUT2D eigenvalue weighted by Gasteiger charge is -2.20. The first-order valence-electron chi connectivity index (χ1n) is 12.5. The third-order valence-corrected chi connectivity index (χ3v) is 6.79. The molecule has 1 atom stereocenters. The van der Waals surface area contributed by atoms with E-state index in [9.17, 15) is 0 Å². The second-order valence-electron chi connectivity index (χ2n) is 9.32. The summed E-state index contributed by atoms with van der Waals surface area (Å²) in [5.41, 5.74) is 8.17. The zero-order chi connectivity index (χ0) is 24.2. The number of nitrogens with zero attached hydrogens (tertiary/aromatic N) is 3. The van der Waals surface area contributed by atoms with Crippen LogP contribution in [0.3, 0.4) is 0 Å². The van der Waals surface area contributed by atoms with Crippen molar-refractivity contribution in [2.24, 2.45) is 0 Å². The van der Waals surface area contributed by atoms with Gasteiger partial charge in [0.05, 0.1) is 6.04 Å². The normalized spacial score (nSPS) is 13.7. The molecule has 5 heteroatoms. The predicted octanol–water partition coefficient (Wildman–Crippen LogP) is 6.91. The van der Waals surface area contributed by atoms with Crippen molar-refractivity contribution in [3.05, 3.63) is 108 Å². The Labute approximate surface area is 208 Å². The summed E-state index contributed by atoms with van der Waals surface area (Å²) in [6.45, 7) is 8.53. The lowest BCUT2D eigenvalue weighted by atomic mass is 9.91. The van der Waals surface area contributed by atoms with E-state index in [-0.39, 0.29) is 6.04 Å². The van der Waals surface area contributed by atoms with E-state index in [1.807, 2.05) is 30.0 Å². The highest BCUT2D eigenvalue weighted by Crippen LogP contribution is 2.26. The summed E-state index contributed by atoms with van der Waals surface area (Å²) in [6, 6.07) is 19.4. The molecule has 0 saturated heterocycles. The summed E-state index contributed by atoms with van der Waals surface area (Å²) in [4.78, 5) is 9.37. The van der Waals surface area contributed by atoms with Crippen molar-refractivity contribution in [1.29, 1.82) is 0 Å². The summed E-state index contributed by atoms with van der Waals surface area (Å²) >= 11 is 0. The Morgan fingerprint density at radius 1 is 1.06 bits per heavy atom. The molecule has 4 aromatic rings. The molecule has 5 rings (SSSR count). The van der Waals surface area contributed by atoms with E-state index in [4.69, 9.17) is 4.98 Å². The first-order valence-corrected chi connectivity index (χ1v) is 12.5. The van der Waals surface area contributed by atoms with Gasteiger partial charge in [0.1, 0.15) is 5.82 Å². The molecular formula is C30H33N5. The van der Waals surface area contributed by atoms with Gasteiger partial charge in [0.25, 0.3) is 0 Å². The van der Waals surface area contributed by atoms with Gasteiger partial charge in [-0.25, -0.2) is 4.98 Å². The van der Waals surface area contributed by atoms with Crippen LogP contribution in [0.2, 0.25) is 0 Å². The van der Waals surface area contributed by atoms with Gasteiger partial charge < -0.3 is 15.2 Å². The maximum absolute atomic E-state index is 4.84. The monoisotopic (exact) mass is 463 g/mol. The molecule has 0 fully saturated rings. The molecule has 0 amide bonds. The van der Waals surface area contributed by atoms with Crippen LogP contribution in [0.1, 0.15) is 60.0 Å². The molecule has 1 unspecified atom stereocenters. The van der Waals surface area contributed by atoms with E-state index in [1.165, 1.54) is 36.0 Å². The van der Waals surface area contributed by atoms with Gasteiger partial charge in [0.15, 0.2) is 0 Å². The van der Waals surface area contributed by atoms with Crippen molar-refractivity contribution in [2.75, 3.05) is 5.32 Å². The van der Waals surface area contributed by atoms with Crippen LogP contribution in [0.25, 0.3) is 11.5 Å². The molecule has 0 radical (unpaired) electrons. The molecule has 1 aliphatic carbocycles. The number of anilines is 2. The van der Waals surface area contributed by atoms with Gasteiger partial charge in [-0.05, 0) is 73.9 Å². The molecule has 1 aliphatic rings. The number of aromatic nitrogens is 3. The molecule has 178 valence electrons. The second-order valence-corrected chi connectivity index (χ2v) is 9.32. The minimum Gasteiger partial charge on any atom is -0.378 e. The first kappa shape index (κ1) is 22.9. The maximum Gasteiger partial charge on any atom is 0.229 e. The molecule has 2 N–H and O–H groups in total. The third kappa shape index (κ3) is 5.14. The number of nitrogens with one attached hydrogen (secondary N) is 2. The Kier molecular flexibility index (Phi) is 6.66. The Bertz CT molecular complexity index is 1320. The van der Waals surface area contributed by atoms with Crippen LogP contribution < -0.4 is 10.6 Å². The maximum atomic E-state index is 4.84. The molecule has 2 aromatic heterocycles. The molecule has 0 aliphatic heterocycles. The highest BCUT2D eigenvalue weighted by atomic mass is 15.2. The molecule has 35 heavy (non-hydrogen) atoms. The van der Waals surface area contributed by atoms with Gasteiger partial charge in [0, 0.05) is 41.1 Å². The van der Waals surface area contributed by atoms with Crippen LogP contribution in [-0.2, 0) is 12.8 Å². The van der Waals surface area contributed by atoms with Crippen LogP contribution in [0.15, 0.2) is 79.8 Å². The van der Waals surface area contributed by atoms with Gasteiger partial charge in [-0.15, -0.1) is 0 Å². The van der Waals surface area contributed by atoms with Crippen LogP contribution in [0, 0.1) is 6.92 Å².